The lowest BCUT2D eigenvalue weighted by Gasteiger charge is -2.21. The monoisotopic (exact) mass is 303 g/mol. The van der Waals surface area contributed by atoms with Gasteiger partial charge in [-0.05, 0) is 19.9 Å². The molecule has 1 amide bonds. The molecular weight excluding hydrogens is 288 g/mol. The average molecular weight is 303 g/mol. The molecule has 9 heteroatoms. The van der Waals surface area contributed by atoms with Crippen LogP contribution in [0.3, 0.4) is 0 Å². The lowest BCUT2D eigenvalue weighted by molar-refractivity contribution is -0.386. The highest BCUT2D eigenvalue weighted by atomic mass is 19.3. The zero-order chi connectivity index (χ0) is 16.2. The summed E-state index contributed by atoms with van der Waals surface area (Å²) in [6.07, 6.45) is 0. The number of nitrogens with two attached hydrogens (primary N) is 1. The maximum atomic E-state index is 12.3. The Labute approximate surface area is 119 Å². The predicted molar refractivity (Wildman–Crippen MR) is 71.2 cm³/mol. The SMILES string of the molecule is CC(C)(CNc1ccc([N+](=O)[O-])c(OC(F)F)c1)C(N)=O. The van der Waals surface area contributed by atoms with Crippen molar-refractivity contribution in [2.75, 3.05) is 11.9 Å². The Morgan fingerprint density at radius 3 is 2.62 bits per heavy atom. The van der Waals surface area contributed by atoms with Gasteiger partial charge in [0.05, 0.1) is 10.3 Å². The number of nitro benzene ring substituents is 1. The highest BCUT2D eigenvalue weighted by Gasteiger charge is 2.25. The van der Waals surface area contributed by atoms with E-state index in [1.54, 1.807) is 13.8 Å². The number of nitro groups is 1. The second-order valence-corrected chi connectivity index (χ2v) is 4.92. The highest BCUT2D eigenvalue weighted by Crippen LogP contribution is 2.31. The molecule has 0 unspecified atom stereocenters. The van der Waals surface area contributed by atoms with Crippen LogP contribution >= 0.6 is 0 Å². The van der Waals surface area contributed by atoms with Crippen LogP contribution < -0.4 is 15.8 Å². The second-order valence-electron chi connectivity index (χ2n) is 4.92. The van der Waals surface area contributed by atoms with Crippen molar-refractivity contribution in [2.24, 2.45) is 11.1 Å². The zero-order valence-corrected chi connectivity index (χ0v) is 11.4. The van der Waals surface area contributed by atoms with Gasteiger partial charge in [-0.3, -0.25) is 14.9 Å². The Morgan fingerprint density at radius 1 is 1.52 bits per heavy atom. The molecule has 0 atom stereocenters. The number of hydrogen-bond acceptors (Lipinski definition) is 5. The number of amides is 1. The fourth-order valence-electron chi connectivity index (χ4n) is 1.38. The minimum Gasteiger partial charge on any atom is -0.427 e. The van der Waals surface area contributed by atoms with E-state index in [1.165, 1.54) is 6.07 Å². The molecule has 1 aromatic rings. The second kappa shape index (κ2) is 6.33. The molecule has 0 aliphatic heterocycles. The minimum atomic E-state index is -3.18. The molecule has 0 saturated heterocycles. The Kier molecular flexibility index (Phi) is 5.01. The molecule has 3 N–H and O–H groups in total. The summed E-state index contributed by atoms with van der Waals surface area (Å²) in [5.74, 6) is -1.10. The van der Waals surface area contributed by atoms with Crippen molar-refractivity contribution in [1.29, 1.82) is 0 Å². The molecule has 0 spiro atoms. The van der Waals surface area contributed by atoms with Gasteiger partial charge in [0.25, 0.3) is 0 Å². The first-order chi connectivity index (χ1) is 9.63. The van der Waals surface area contributed by atoms with Crippen LogP contribution in [-0.4, -0.2) is 24.0 Å². The number of carbonyl (C=O) groups is 1. The standard InChI is InChI=1S/C12H15F2N3O4/c1-12(2,10(15)18)6-16-7-3-4-8(17(19)20)9(5-7)21-11(13)14/h3-5,11,16H,6H2,1-2H3,(H2,15,18). The van der Waals surface area contributed by atoms with Gasteiger partial charge in [0, 0.05) is 24.4 Å². The van der Waals surface area contributed by atoms with E-state index in [0.29, 0.717) is 5.69 Å². The summed E-state index contributed by atoms with van der Waals surface area (Å²) >= 11 is 0. The summed E-state index contributed by atoms with van der Waals surface area (Å²) in [5.41, 5.74) is 4.06. The topological polar surface area (TPSA) is 107 Å². The van der Waals surface area contributed by atoms with Gasteiger partial charge >= 0.3 is 12.3 Å². The van der Waals surface area contributed by atoms with E-state index in [9.17, 15) is 23.7 Å². The lowest BCUT2D eigenvalue weighted by atomic mass is 9.92. The molecule has 0 saturated carbocycles. The number of carbonyl (C=O) groups excluding carboxylic acids is 1. The number of benzene rings is 1. The van der Waals surface area contributed by atoms with Gasteiger partial charge in [0.15, 0.2) is 0 Å². The first-order valence-corrected chi connectivity index (χ1v) is 5.90. The summed E-state index contributed by atoms with van der Waals surface area (Å²) in [6, 6.07) is 3.44. The van der Waals surface area contributed by atoms with Gasteiger partial charge in [-0.1, -0.05) is 0 Å². The van der Waals surface area contributed by atoms with Crippen LogP contribution in [-0.2, 0) is 4.79 Å². The van der Waals surface area contributed by atoms with E-state index >= 15 is 0 Å². The molecule has 0 aliphatic carbocycles. The van der Waals surface area contributed by atoms with Crippen LogP contribution in [0.2, 0.25) is 0 Å². The smallest absolute Gasteiger partial charge is 0.387 e. The summed E-state index contributed by atoms with van der Waals surface area (Å²) < 4.78 is 28.6. The maximum absolute atomic E-state index is 12.3. The Balaban J connectivity index is 2.95. The molecule has 0 radical (unpaired) electrons. The number of rotatable bonds is 7. The summed E-state index contributed by atoms with van der Waals surface area (Å²) in [5, 5.41) is 13.5. The normalized spacial score (nSPS) is 11.3. The van der Waals surface area contributed by atoms with Gasteiger partial charge in [0.2, 0.25) is 11.7 Å². The molecular formula is C12H15F2N3O4. The van der Waals surface area contributed by atoms with Crippen molar-refractivity contribution in [3.63, 3.8) is 0 Å². The molecule has 1 rings (SSSR count). The van der Waals surface area contributed by atoms with E-state index < -0.39 is 34.3 Å². The van der Waals surface area contributed by atoms with Gasteiger partial charge < -0.3 is 15.8 Å². The number of hydrogen-bond donors (Lipinski definition) is 2. The fourth-order valence-corrected chi connectivity index (χ4v) is 1.38. The molecule has 0 aromatic heterocycles. The van der Waals surface area contributed by atoms with Crippen molar-refractivity contribution in [3.8, 4) is 5.75 Å². The molecule has 21 heavy (non-hydrogen) atoms. The average Bonchev–Trinajstić information content (AvgIpc) is 2.35. The summed E-state index contributed by atoms with van der Waals surface area (Å²) in [4.78, 5) is 21.1. The van der Waals surface area contributed by atoms with Crippen LogP contribution in [0, 0.1) is 15.5 Å². The zero-order valence-electron chi connectivity index (χ0n) is 11.4. The molecule has 0 fully saturated rings. The van der Waals surface area contributed by atoms with Crippen LogP contribution in [0.4, 0.5) is 20.2 Å². The quantitative estimate of drug-likeness (QED) is 0.592. The molecule has 116 valence electrons. The number of ether oxygens (including phenoxy) is 1. The number of anilines is 1. The van der Waals surface area contributed by atoms with E-state index in [-0.39, 0.29) is 6.54 Å². The van der Waals surface area contributed by atoms with Crippen molar-refractivity contribution in [1.82, 2.24) is 0 Å². The molecule has 0 bridgehead atoms. The van der Waals surface area contributed by atoms with Gasteiger partial charge in [-0.25, -0.2) is 0 Å². The third-order valence-corrected chi connectivity index (χ3v) is 2.77. The largest absolute Gasteiger partial charge is 0.427 e. The van der Waals surface area contributed by atoms with E-state index in [1.807, 2.05) is 0 Å². The lowest BCUT2D eigenvalue weighted by Crippen LogP contribution is -2.37. The van der Waals surface area contributed by atoms with Crippen LogP contribution in [0.5, 0.6) is 5.75 Å². The Morgan fingerprint density at radius 2 is 2.14 bits per heavy atom. The van der Waals surface area contributed by atoms with Crippen molar-refractivity contribution >= 4 is 17.3 Å². The number of alkyl halides is 2. The van der Waals surface area contributed by atoms with Crippen LogP contribution in [0.15, 0.2) is 18.2 Å². The molecule has 0 heterocycles. The first-order valence-electron chi connectivity index (χ1n) is 5.90. The number of primary amides is 1. The highest BCUT2D eigenvalue weighted by molar-refractivity contribution is 5.80. The van der Waals surface area contributed by atoms with Crippen LogP contribution in [0.25, 0.3) is 0 Å². The number of halogens is 2. The third-order valence-electron chi connectivity index (χ3n) is 2.77. The van der Waals surface area contributed by atoms with Gasteiger partial charge in [0.1, 0.15) is 0 Å². The third kappa shape index (κ3) is 4.55. The first kappa shape index (κ1) is 16.6. The fraction of sp³-hybridized carbons (Fsp3) is 0.417. The maximum Gasteiger partial charge on any atom is 0.387 e. The Hall–Kier alpha value is -2.45. The molecule has 1 aromatic carbocycles. The number of nitrogens with zero attached hydrogens (tertiary/aromatic N) is 1. The summed E-state index contributed by atoms with van der Waals surface area (Å²) in [6.45, 7) is 0.157. The van der Waals surface area contributed by atoms with E-state index in [4.69, 9.17) is 5.73 Å². The van der Waals surface area contributed by atoms with Gasteiger partial charge in [-0.2, -0.15) is 8.78 Å². The number of nitrogens with one attached hydrogen (secondary N) is 1. The van der Waals surface area contributed by atoms with Crippen molar-refractivity contribution < 1.29 is 23.2 Å². The summed E-state index contributed by atoms with van der Waals surface area (Å²) in [7, 11) is 0. The van der Waals surface area contributed by atoms with Crippen LogP contribution in [0.1, 0.15) is 13.8 Å². The van der Waals surface area contributed by atoms with Gasteiger partial charge in [-0.15, -0.1) is 0 Å². The van der Waals surface area contributed by atoms with E-state index in [2.05, 4.69) is 10.1 Å². The van der Waals surface area contributed by atoms with Crippen molar-refractivity contribution in [3.05, 3.63) is 28.3 Å². The van der Waals surface area contributed by atoms with Crippen molar-refractivity contribution in [2.45, 2.75) is 20.5 Å². The molecule has 0 aliphatic rings. The van der Waals surface area contributed by atoms with E-state index in [0.717, 1.165) is 12.1 Å². The minimum absolute atomic E-state index is 0.133. The predicted octanol–water partition coefficient (Wildman–Crippen LogP) is 2.12. The molecule has 7 nitrogen and oxygen atoms in total. The Bertz CT molecular complexity index is 549.